The van der Waals surface area contributed by atoms with Gasteiger partial charge in [-0.05, 0) is 49.3 Å². The lowest BCUT2D eigenvalue weighted by Crippen LogP contribution is -2.46. The summed E-state index contributed by atoms with van der Waals surface area (Å²) in [5, 5.41) is 6.21. The molecule has 6 nitrogen and oxygen atoms in total. The van der Waals surface area contributed by atoms with Crippen molar-refractivity contribution < 1.29 is 18.0 Å². The van der Waals surface area contributed by atoms with Crippen LogP contribution < -0.4 is 5.32 Å². The third-order valence-electron chi connectivity index (χ3n) is 4.32. The lowest BCUT2D eigenvalue weighted by Gasteiger charge is -2.20. The van der Waals surface area contributed by atoms with E-state index in [4.69, 9.17) is 0 Å². The first-order valence-corrected chi connectivity index (χ1v) is 8.76. The Hall–Kier alpha value is -2.49. The fraction of sp³-hybridized carbons (Fsp3) is 0.375. The van der Waals surface area contributed by atoms with Crippen LogP contribution in [-0.2, 0) is 0 Å². The molecule has 0 unspecified atom stereocenters. The molecule has 136 valence electrons. The maximum absolute atomic E-state index is 13.2. The van der Waals surface area contributed by atoms with Crippen molar-refractivity contribution in [2.24, 2.45) is 5.92 Å². The fourth-order valence-corrected chi connectivity index (χ4v) is 3.42. The Labute approximate surface area is 150 Å². The summed E-state index contributed by atoms with van der Waals surface area (Å²) in [5.74, 6) is -1.37. The molecule has 3 aromatic rings. The van der Waals surface area contributed by atoms with Crippen LogP contribution in [0.15, 0.2) is 24.5 Å². The van der Waals surface area contributed by atoms with Crippen molar-refractivity contribution in [1.82, 2.24) is 24.3 Å². The van der Waals surface area contributed by atoms with Crippen molar-refractivity contribution in [3.05, 3.63) is 35.8 Å². The van der Waals surface area contributed by atoms with Crippen molar-refractivity contribution >= 4 is 23.1 Å². The zero-order valence-corrected chi connectivity index (χ0v) is 14.4. The van der Waals surface area contributed by atoms with E-state index in [1.54, 1.807) is 25.3 Å². The molecule has 3 heterocycles. The maximum atomic E-state index is 13.2. The molecule has 0 radical (unpaired) electrons. The Morgan fingerprint density at radius 1 is 1.42 bits per heavy atom. The molecule has 0 aromatic carbocycles. The molecular formula is C16H14F3N5OS. The second-order valence-corrected chi connectivity index (χ2v) is 7.12. The van der Waals surface area contributed by atoms with E-state index in [0.29, 0.717) is 24.2 Å². The molecule has 10 heteroatoms. The summed E-state index contributed by atoms with van der Waals surface area (Å²) in [7, 11) is 0. The summed E-state index contributed by atoms with van der Waals surface area (Å²) >= 11 is 1.24. The van der Waals surface area contributed by atoms with Gasteiger partial charge in [0, 0.05) is 11.9 Å². The van der Waals surface area contributed by atoms with E-state index in [-0.39, 0.29) is 11.2 Å². The van der Waals surface area contributed by atoms with Crippen LogP contribution in [-0.4, -0.2) is 37.1 Å². The highest BCUT2D eigenvalue weighted by molar-refractivity contribution is 7.09. The molecule has 0 aliphatic heterocycles. The average Bonchev–Trinajstić information content (AvgIpc) is 3.09. The van der Waals surface area contributed by atoms with Gasteiger partial charge in [0.2, 0.25) is 0 Å². The number of alkyl halides is 3. The molecule has 3 aromatic heterocycles. The number of fused-ring (bicyclic) bond motifs is 1. The summed E-state index contributed by atoms with van der Waals surface area (Å²) in [6.45, 7) is 1.79. The average molecular weight is 381 g/mol. The number of rotatable bonds is 4. The summed E-state index contributed by atoms with van der Waals surface area (Å²) in [6.07, 6.45) is -0.661. The van der Waals surface area contributed by atoms with Gasteiger partial charge in [-0.1, -0.05) is 0 Å². The summed E-state index contributed by atoms with van der Waals surface area (Å²) in [5.41, 5.74) is 1.56. The fourth-order valence-electron chi connectivity index (χ4n) is 2.86. The van der Waals surface area contributed by atoms with Crippen LogP contribution in [0.2, 0.25) is 0 Å². The molecular weight excluding hydrogens is 367 g/mol. The summed E-state index contributed by atoms with van der Waals surface area (Å²) in [4.78, 5) is 17.7. The van der Waals surface area contributed by atoms with E-state index >= 15 is 0 Å². The van der Waals surface area contributed by atoms with Crippen LogP contribution in [0.25, 0.3) is 16.2 Å². The van der Waals surface area contributed by atoms with Gasteiger partial charge in [0.1, 0.15) is 11.6 Å². The lowest BCUT2D eigenvalue weighted by atomic mass is 10.1. The van der Waals surface area contributed by atoms with Gasteiger partial charge in [-0.2, -0.15) is 18.3 Å². The van der Waals surface area contributed by atoms with Crippen molar-refractivity contribution in [3.8, 4) is 10.6 Å². The molecule has 4 rings (SSSR count). The van der Waals surface area contributed by atoms with Gasteiger partial charge in [0.05, 0.1) is 16.8 Å². The van der Waals surface area contributed by atoms with Crippen LogP contribution in [0.3, 0.4) is 0 Å². The van der Waals surface area contributed by atoms with E-state index in [1.165, 1.54) is 22.2 Å². The highest BCUT2D eigenvalue weighted by Crippen LogP contribution is 2.40. The third kappa shape index (κ3) is 3.05. The molecule has 1 aliphatic carbocycles. The van der Waals surface area contributed by atoms with E-state index in [0.717, 1.165) is 4.88 Å². The van der Waals surface area contributed by atoms with E-state index in [1.807, 2.05) is 0 Å². The molecule has 0 bridgehead atoms. The zero-order chi connectivity index (χ0) is 18.5. The number of carbonyl (C=O) groups is 1. The standard InChI is InChI=1S/C16H14F3N5OS/c1-8-6-11(12-4-5-21-26-12)22-14-10(7-20-24(8)14)15(25)23-13(9-2-3-9)16(17,18)19/h4-7,9,13H,2-3H2,1H3,(H,23,25)/t13-/m0/s1. The van der Waals surface area contributed by atoms with Gasteiger partial charge in [-0.3, -0.25) is 4.79 Å². The third-order valence-corrected chi connectivity index (χ3v) is 5.09. The Morgan fingerprint density at radius 2 is 2.19 bits per heavy atom. The van der Waals surface area contributed by atoms with Crippen molar-refractivity contribution in [3.63, 3.8) is 0 Å². The second-order valence-electron chi connectivity index (χ2n) is 6.28. The Kier molecular flexibility index (Phi) is 3.94. The molecule has 1 aliphatic rings. The van der Waals surface area contributed by atoms with Crippen LogP contribution in [0.4, 0.5) is 13.2 Å². The molecule has 1 fully saturated rings. The predicted octanol–water partition coefficient (Wildman–Crippen LogP) is 3.23. The van der Waals surface area contributed by atoms with Crippen molar-refractivity contribution in [2.45, 2.75) is 32.0 Å². The number of aryl methyl sites for hydroxylation is 1. The number of carbonyl (C=O) groups excluding carboxylic acids is 1. The number of hydrogen-bond donors (Lipinski definition) is 1. The largest absolute Gasteiger partial charge is 0.408 e. The number of halogens is 3. The molecule has 1 amide bonds. The van der Waals surface area contributed by atoms with Crippen LogP contribution in [0, 0.1) is 12.8 Å². The zero-order valence-electron chi connectivity index (χ0n) is 13.6. The predicted molar refractivity (Wildman–Crippen MR) is 88.9 cm³/mol. The van der Waals surface area contributed by atoms with Gasteiger partial charge < -0.3 is 5.32 Å². The first-order chi connectivity index (χ1) is 12.3. The first-order valence-electron chi connectivity index (χ1n) is 7.98. The Balaban J connectivity index is 1.71. The van der Waals surface area contributed by atoms with Gasteiger partial charge in [0.15, 0.2) is 5.65 Å². The summed E-state index contributed by atoms with van der Waals surface area (Å²) in [6, 6.07) is 1.74. The maximum Gasteiger partial charge on any atom is 0.408 e. The highest BCUT2D eigenvalue weighted by Gasteiger charge is 2.49. The van der Waals surface area contributed by atoms with E-state index < -0.39 is 24.0 Å². The number of hydrogen-bond acceptors (Lipinski definition) is 5. The van der Waals surface area contributed by atoms with E-state index in [9.17, 15) is 18.0 Å². The lowest BCUT2D eigenvalue weighted by molar-refractivity contribution is -0.158. The molecule has 0 saturated heterocycles. The van der Waals surface area contributed by atoms with Gasteiger partial charge in [-0.15, -0.1) is 0 Å². The number of nitrogens with zero attached hydrogens (tertiary/aromatic N) is 4. The smallest absolute Gasteiger partial charge is 0.340 e. The second kappa shape index (κ2) is 6.04. The Morgan fingerprint density at radius 3 is 2.81 bits per heavy atom. The minimum atomic E-state index is -4.48. The Bertz CT molecular complexity index is 962. The molecule has 1 saturated carbocycles. The van der Waals surface area contributed by atoms with Crippen molar-refractivity contribution in [2.75, 3.05) is 0 Å². The minimum Gasteiger partial charge on any atom is -0.340 e. The van der Waals surface area contributed by atoms with Gasteiger partial charge in [0.25, 0.3) is 5.91 Å². The van der Waals surface area contributed by atoms with Gasteiger partial charge >= 0.3 is 6.18 Å². The minimum absolute atomic E-state index is 0.0226. The highest BCUT2D eigenvalue weighted by atomic mass is 32.1. The topological polar surface area (TPSA) is 72.2 Å². The van der Waals surface area contributed by atoms with E-state index in [2.05, 4.69) is 19.8 Å². The monoisotopic (exact) mass is 381 g/mol. The summed E-state index contributed by atoms with van der Waals surface area (Å²) < 4.78 is 45.0. The number of amides is 1. The molecule has 0 spiro atoms. The quantitative estimate of drug-likeness (QED) is 0.753. The van der Waals surface area contributed by atoms with Crippen molar-refractivity contribution in [1.29, 1.82) is 0 Å². The van der Waals surface area contributed by atoms with Crippen LogP contribution in [0.5, 0.6) is 0 Å². The number of nitrogens with one attached hydrogen (secondary N) is 1. The van der Waals surface area contributed by atoms with Crippen LogP contribution in [0.1, 0.15) is 28.9 Å². The number of aromatic nitrogens is 4. The first kappa shape index (κ1) is 17.0. The van der Waals surface area contributed by atoms with Gasteiger partial charge in [-0.25, -0.2) is 13.9 Å². The van der Waals surface area contributed by atoms with Crippen LogP contribution >= 0.6 is 11.5 Å². The normalized spacial score (nSPS) is 16.0. The molecule has 26 heavy (non-hydrogen) atoms. The molecule has 1 N–H and O–H groups in total. The molecule has 1 atom stereocenters. The SMILES string of the molecule is Cc1cc(-c2ccns2)nc2c(C(=O)N[C@@H](C3CC3)C(F)(F)F)cnn12.